The van der Waals surface area contributed by atoms with Gasteiger partial charge in [-0.05, 0) is 18.2 Å². The first-order chi connectivity index (χ1) is 7.29. The van der Waals surface area contributed by atoms with E-state index in [1.165, 1.54) is 21.8 Å². The van der Waals surface area contributed by atoms with E-state index in [-0.39, 0.29) is 0 Å². The van der Waals surface area contributed by atoms with Gasteiger partial charge in [0.15, 0.2) is 0 Å². The van der Waals surface area contributed by atoms with Gasteiger partial charge in [-0.3, -0.25) is 0 Å². The topological polar surface area (TPSA) is 4.93 Å². The van der Waals surface area contributed by atoms with Crippen molar-refractivity contribution in [2.24, 2.45) is 7.05 Å². The zero-order valence-corrected chi connectivity index (χ0v) is 9.95. The lowest BCUT2D eigenvalue weighted by molar-refractivity contribution is 1.01. The van der Waals surface area contributed by atoms with Gasteiger partial charge in [0.2, 0.25) is 0 Å². The highest BCUT2D eigenvalue weighted by molar-refractivity contribution is 9.10. The smallest absolute Gasteiger partial charge is 0.0500 e. The maximum Gasteiger partial charge on any atom is 0.0500 e. The summed E-state index contributed by atoms with van der Waals surface area (Å²) in [5.74, 6) is 0. The van der Waals surface area contributed by atoms with Gasteiger partial charge in [0.05, 0.1) is 0 Å². The van der Waals surface area contributed by atoms with Crippen LogP contribution in [0, 0.1) is 0 Å². The number of aryl methyl sites for hydroxylation is 1. The van der Waals surface area contributed by atoms with Crippen LogP contribution in [0.4, 0.5) is 0 Å². The molecule has 1 heterocycles. The lowest BCUT2D eigenvalue weighted by atomic mass is 10.2. The van der Waals surface area contributed by atoms with E-state index in [9.17, 15) is 0 Å². The third-order valence-corrected chi connectivity index (χ3v) is 3.55. The number of halogens is 1. The molecule has 1 nitrogen and oxygen atoms in total. The molecule has 1 aromatic heterocycles. The fourth-order valence-electron chi connectivity index (χ4n) is 2.17. The largest absolute Gasteiger partial charge is 0.344 e. The molecule has 0 radical (unpaired) electrons. The summed E-state index contributed by atoms with van der Waals surface area (Å²) in [7, 11) is 2.11. The van der Waals surface area contributed by atoms with E-state index in [1.807, 2.05) is 0 Å². The van der Waals surface area contributed by atoms with Gasteiger partial charge in [-0.25, -0.2) is 0 Å². The van der Waals surface area contributed by atoms with Crippen molar-refractivity contribution < 1.29 is 0 Å². The van der Waals surface area contributed by atoms with Crippen molar-refractivity contribution in [3.63, 3.8) is 0 Å². The fraction of sp³-hybridized carbons (Fsp3) is 0.0769. The molecular weight excluding hydrogens is 250 g/mol. The monoisotopic (exact) mass is 259 g/mol. The molecule has 2 aromatic carbocycles. The third kappa shape index (κ3) is 1.15. The molecular formula is C13H10BrN. The Balaban J connectivity index is 2.70. The Labute approximate surface area is 96.4 Å². The normalized spacial score (nSPS) is 11.3. The zero-order chi connectivity index (χ0) is 10.4. The van der Waals surface area contributed by atoms with Crippen LogP contribution in [0.15, 0.2) is 46.9 Å². The van der Waals surface area contributed by atoms with Crippen LogP contribution in [-0.2, 0) is 7.05 Å². The summed E-state index contributed by atoms with van der Waals surface area (Å²) in [6.45, 7) is 0. The van der Waals surface area contributed by atoms with E-state index in [0.717, 1.165) is 4.47 Å². The van der Waals surface area contributed by atoms with E-state index in [2.05, 4.69) is 70.0 Å². The number of rotatable bonds is 0. The molecule has 0 amide bonds. The first kappa shape index (κ1) is 8.98. The Morgan fingerprint density at radius 1 is 0.933 bits per heavy atom. The van der Waals surface area contributed by atoms with Crippen LogP contribution >= 0.6 is 15.9 Å². The van der Waals surface area contributed by atoms with Crippen LogP contribution in [0.3, 0.4) is 0 Å². The van der Waals surface area contributed by atoms with Crippen LogP contribution in [-0.4, -0.2) is 4.57 Å². The fourth-order valence-corrected chi connectivity index (χ4v) is 2.74. The summed E-state index contributed by atoms with van der Waals surface area (Å²) in [5.41, 5.74) is 2.55. The van der Waals surface area contributed by atoms with E-state index < -0.39 is 0 Å². The van der Waals surface area contributed by atoms with E-state index in [4.69, 9.17) is 0 Å². The molecule has 3 aromatic rings. The van der Waals surface area contributed by atoms with Gasteiger partial charge >= 0.3 is 0 Å². The lowest BCUT2D eigenvalue weighted by Gasteiger charge is -1.97. The minimum absolute atomic E-state index is 1.16. The second-order valence-electron chi connectivity index (χ2n) is 3.71. The predicted octanol–water partition coefficient (Wildman–Crippen LogP) is 4.09. The van der Waals surface area contributed by atoms with Crippen LogP contribution in [0.5, 0.6) is 0 Å². The lowest BCUT2D eigenvalue weighted by Crippen LogP contribution is -1.85. The number of hydrogen-bond donors (Lipinski definition) is 0. The Morgan fingerprint density at radius 3 is 2.53 bits per heavy atom. The van der Waals surface area contributed by atoms with E-state index in [1.54, 1.807) is 0 Å². The SMILES string of the molecule is Cn1c2ccccc2c2c(Br)cccc21. The molecule has 0 saturated carbocycles. The highest BCUT2D eigenvalue weighted by Gasteiger charge is 2.08. The summed E-state index contributed by atoms with van der Waals surface area (Å²) in [4.78, 5) is 0. The molecule has 0 bridgehead atoms. The third-order valence-electron chi connectivity index (χ3n) is 2.89. The van der Waals surface area contributed by atoms with Gasteiger partial charge in [-0.2, -0.15) is 0 Å². The number of para-hydroxylation sites is 1. The molecule has 0 unspecified atom stereocenters. The Kier molecular flexibility index (Phi) is 1.86. The van der Waals surface area contributed by atoms with Crippen LogP contribution in [0.2, 0.25) is 0 Å². The molecule has 2 heteroatoms. The van der Waals surface area contributed by atoms with Crippen molar-refractivity contribution in [2.45, 2.75) is 0 Å². The minimum atomic E-state index is 1.16. The molecule has 0 N–H and O–H groups in total. The van der Waals surface area contributed by atoms with Crippen molar-refractivity contribution in [2.75, 3.05) is 0 Å². The molecule has 15 heavy (non-hydrogen) atoms. The highest BCUT2D eigenvalue weighted by atomic mass is 79.9. The summed E-state index contributed by atoms with van der Waals surface area (Å²) in [6.07, 6.45) is 0. The Bertz CT molecular complexity index is 652. The molecule has 74 valence electrons. The molecule has 0 fully saturated rings. The van der Waals surface area contributed by atoms with Crippen LogP contribution < -0.4 is 0 Å². The molecule has 3 rings (SSSR count). The average molecular weight is 260 g/mol. The highest BCUT2D eigenvalue weighted by Crippen LogP contribution is 2.33. The van der Waals surface area contributed by atoms with E-state index >= 15 is 0 Å². The Morgan fingerprint density at radius 2 is 1.67 bits per heavy atom. The number of fused-ring (bicyclic) bond motifs is 3. The van der Waals surface area contributed by atoms with Crippen molar-refractivity contribution in [1.29, 1.82) is 0 Å². The molecule has 0 atom stereocenters. The Hall–Kier alpha value is -1.28. The van der Waals surface area contributed by atoms with Gasteiger partial charge in [0, 0.05) is 33.3 Å². The summed E-state index contributed by atoms with van der Waals surface area (Å²) in [6, 6.07) is 14.8. The second-order valence-corrected chi connectivity index (χ2v) is 4.56. The zero-order valence-electron chi connectivity index (χ0n) is 8.37. The maximum absolute atomic E-state index is 3.62. The van der Waals surface area contributed by atoms with Gasteiger partial charge < -0.3 is 4.57 Å². The number of aromatic nitrogens is 1. The maximum atomic E-state index is 3.62. The minimum Gasteiger partial charge on any atom is -0.344 e. The van der Waals surface area contributed by atoms with Crippen molar-refractivity contribution >= 4 is 37.7 Å². The predicted molar refractivity (Wildman–Crippen MR) is 68.1 cm³/mol. The van der Waals surface area contributed by atoms with Crippen molar-refractivity contribution in [3.8, 4) is 0 Å². The second kappa shape index (κ2) is 3.11. The first-order valence-corrected chi connectivity index (χ1v) is 5.70. The van der Waals surface area contributed by atoms with Crippen LogP contribution in [0.1, 0.15) is 0 Å². The molecule has 0 aliphatic carbocycles. The molecule has 0 aliphatic heterocycles. The van der Waals surface area contributed by atoms with Gasteiger partial charge in [-0.15, -0.1) is 0 Å². The van der Waals surface area contributed by atoms with E-state index in [0.29, 0.717) is 0 Å². The van der Waals surface area contributed by atoms with Gasteiger partial charge in [0.25, 0.3) is 0 Å². The summed E-state index contributed by atoms with van der Waals surface area (Å²) in [5, 5.41) is 2.61. The summed E-state index contributed by atoms with van der Waals surface area (Å²) < 4.78 is 3.40. The van der Waals surface area contributed by atoms with Crippen molar-refractivity contribution in [3.05, 3.63) is 46.9 Å². The quantitative estimate of drug-likeness (QED) is 0.573. The summed E-state index contributed by atoms with van der Waals surface area (Å²) >= 11 is 3.62. The van der Waals surface area contributed by atoms with Crippen LogP contribution in [0.25, 0.3) is 21.8 Å². The number of hydrogen-bond acceptors (Lipinski definition) is 0. The van der Waals surface area contributed by atoms with Gasteiger partial charge in [-0.1, -0.05) is 40.2 Å². The van der Waals surface area contributed by atoms with Gasteiger partial charge in [0.1, 0.15) is 0 Å². The van der Waals surface area contributed by atoms with Crippen molar-refractivity contribution in [1.82, 2.24) is 4.57 Å². The number of benzene rings is 2. The first-order valence-electron chi connectivity index (χ1n) is 4.90. The molecule has 0 spiro atoms. The standard InChI is InChI=1S/C13H10BrN/c1-15-11-7-3-2-5-9(11)13-10(14)6-4-8-12(13)15/h2-8H,1H3. The number of nitrogens with zero attached hydrogens (tertiary/aromatic N) is 1. The molecule has 0 saturated heterocycles. The molecule has 0 aliphatic rings. The average Bonchev–Trinajstić information content (AvgIpc) is 2.55.